The quantitative estimate of drug-likeness (QED) is 0.402. The number of nitrogens with one attached hydrogen (secondary N) is 1. The van der Waals surface area contributed by atoms with Gasteiger partial charge in [0.1, 0.15) is 0 Å². The van der Waals surface area contributed by atoms with Gasteiger partial charge in [-0.05, 0) is 24.1 Å². The molecule has 4 nitrogen and oxygen atoms in total. The number of rotatable bonds is 10. The van der Waals surface area contributed by atoms with Crippen molar-refractivity contribution in [3.8, 4) is 0 Å². The summed E-state index contributed by atoms with van der Waals surface area (Å²) >= 11 is 0. The third-order valence-corrected chi connectivity index (χ3v) is 3.12. The molecule has 0 radical (unpaired) electrons. The lowest BCUT2D eigenvalue weighted by molar-refractivity contribution is -0.121. The molecule has 0 spiro atoms. The topological polar surface area (TPSA) is 54.4 Å². The molecule has 4 heteroatoms. The molecule has 0 saturated heterocycles. The maximum absolute atomic E-state index is 11.5. The number of aromatic nitrogens is 1. The van der Waals surface area contributed by atoms with Crippen LogP contribution in [0, 0.1) is 0 Å². The zero-order chi connectivity index (χ0) is 14.5. The van der Waals surface area contributed by atoms with Crippen molar-refractivity contribution in [1.29, 1.82) is 0 Å². The highest BCUT2D eigenvalue weighted by Gasteiger charge is 1.99. The van der Waals surface area contributed by atoms with Gasteiger partial charge in [0.25, 0.3) is 0 Å². The van der Waals surface area contributed by atoms with Crippen LogP contribution in [0.15, 0.2) is 29.6 Å². The van der Waals surface area contributed by atoms with Gasteiger partial charge in [0.15, 0.2) is 0 Å². The molecule has 0 unspecified atom stereocenters. The highest BCUT2D eigenvalue weighted by molar-refractivity contribution is 5.82. The lowest BCUT2D eigenvalue weighted by atomic mass is 10.1. The molecule has 0 bridgehead atoms. The maximum atomic E-state index is 11.5. The standard InChI is InChI=1S/C16H25N3O/c1-2-3-4-5-6-7-8-9-16(20)19-18-14-15-10-12-17-13-11-15/h10-14H,2-9H2,1H3,(H,19,20)/b18-14+. The van der Waals surface area contributed by atoms with E-state index in [1.807, 2.05) is 12.1 Å². The largest absolute Gasteiger partial charge is 0.273 e. The summed E-state index contributed by atoms with van der Waals surface area (Å²) in [5.74, 6) is -0.0103. The van der Waals surface area contributed by atoms with Gasteiger partial charge in [-0.15, -0.1) is 0 Å². The number of unbranched alkanes of at least 4 members (excludes halogenated alkanes) is 6. The van der Waals surface area contributed by atoms with E-state index in [0.717, 1.165) is 18.4 Å². The van der Waals surface area contributed by atoms with E-state index in [9.17, 15) is 4.79 Å². The van der Waals surface area contributed by atoms with E-state index in [0.29, 0.717) is 6.42 Å². The number of carbonyl (C=O) groups is 1. The van der Waals surface area contributed by atoms with Crippen LogP contribution >= 0.6 is 0 Å². The predicted molar refractivity (Wildman–Crippen MR) is 82.6 cm³/mol. The number of hydrazone groups is 1. The van der Waals surface area contributed by atoms with Crippen LogP contribution in [-0.2, 0) is 4.79 Å². The van der Waals surface area contributed by atoms with Gasteiger partial charge in [-0.1, -0.05) is 45.4 Å². The Balaban J connectivity index is 2.02. The molecule has 1 aromatic heterocycles. The molecule has 20 heavy (non-hydrogen) atoms. The molecule has 110 valence electrons. The van der Waals surface area contributed by atoms with Crippen LogP contribution in [0.5, 0.6) is 0 Å². The Labute approximate surface area is 121 Å². The molecule has 0 fully saturated rings. The van der Waals surface area contributed by atoms with E-state index in [1.54, 1.807) is 18.6 Å². The average molecular weight is 275 g/mol. The van der Waals surface area contributed by atoms with Crippen LogP contribution < -0.4 is 5.43 Å². The number of hydrogen-bond donors (Lipinski definition) is 1. The van der Waals surface area contributed by atoms with Crippen molar-refractivity contribution >= 4 is 12.1 Å². The number of nitrogens with zero attached hydrogens (tertiary/aromatic N) is 2. The van der Waals surface area contributed by atoms with Gasteiger partial charge in [0.05, 0.1) is 6.21 Å². The fraction of sp³-hybridized carbons (Fsp3) is 0.562. The fourth-order valence-electron chi connectivity index (χ4n) is 1.93. The SMILES string of the molecule is CCCCCCCCCC(=O)N/N=C/c1ccncc1. The molecule has 0 aliphatic heterocycles. The first kappa shape index (κ1) is 16.3. The molecule has 0 aromatic carbocycles. The number of amides is 1. The van der Waals surface area contributed by atoms with Crippen molar-refractivity contribution < 1.29 is 4.79 Å². The maximum Gasteiger partial charge on any atom is 0.240 e. The Morgan fingerprint density at radius 3 is 2.50 bits per heavy atom. The summed E-state index contributed by atoms with van der Waals surface area (Å²) in [7, 11) is 0. The first-order valence-electron chi connectivity index (χ1n) is 7.55. The second kappa shape index (κ2) is 11.1. The zero-order valence-corrected chi connectivity index (χ0v) is 12.3. The molecule has 0 aliphatic carbocycles. The molecule has 1 heterocycles. The van der Waals surface area contributed by atoms with Crippen molar-refractivity contribution in [2.45, 2.75) is 58.3 Å². The number of pyridine rings is 1. The lowest BCUT2D eigenvalue weighted by Crippen LogP contribution is -2.16. The van der Waals surface area contributed by atoms with E-state index in [-0.39, 0.29) is 5.91 Å². The van der Waals surface area contributed by atoms with Crippen LogP contribution in [0.1, 0.15) is 63.9 Å². The first-order valence-corrected chi connectivity index (χ1v) is 7.55. The van der Waals surface area contributed by atoms with E-state index in [4.69, 9.17) is 0 Å². The van der Waals surface area contributed by atoms with E-state index in [1.165, 1.54) is 32.1 Å². The molecule has 0 aliphatic rings. The monoisotopic (exact) mass is 275 g/mol. The van der Waals surface area contributed by atoms with Crippen LogP contribution in [0.2, 0.25) is 0 Å². The molecular weight excluding hydrogens is 250 g/mol. The highest BCUT2D eigenvalue weighted by Crippen LogP contribution is 2.08. The Morgan fingerprint density at radius 2 is 1.80 bits per heavy atom. The highest BCUT2D eigenvalue weighted by atomic mass is 16.2. The van der Waals surface area contributed by atoms with Crippen molar-refractivity contribution in [2.24, 2.45) is 5.10 Å². The Bertz CT molecular complexity index is 390. The third kappa shape index (κ3) is 8.40. The minimum Gasteiger partial charge on any atom is -0.273 e. The summed E-state index contributed by atoms with van der Waals surface area (Å²) < 4.78 is 0. The Morgan fingerprint density at radius 1 is 1.15 bits per heavy atom. The van der Waals surface area contributed by atoms with E-state index in [2.05, 4.69) is 22.4 Å². The summed E-state index contributed by atoms with van der Waals surface area (Å²) in [5, 5.41) is 3.93. The van der Waals surface area contributed by atoms with E-state index < -0.39 is 0 Å². The third-order valence-electron chi connectivity index (χ3n) is 3.12. The van der Waals surface area contributed by atoms with Crippen LogP contribution in [0.3, 0.4) is 0 Å². The molecule has 1 amide bonds. The summed E-state index contributed by atoms with van der Waals surface area (Å²) in [5.41, 5.74) is 3.48. The van der Waals surface area contributed by atoms with Crippen molar-refractivity contribution in [3.05, 3.63) is 30.1 Å². The summed E-state index contributed by atoms with van der Waals surface area (Å²) in [4.78, 5) is 15.4. The minimum atomic E-state index is -0.0103. The van der Waals surface area contributed by atoms with Gasteiger partial charge < -0.3 is 0 Å². The number of hydrogen-bond acceptors (Lipinski definition) is 3. The second-order valence-corrected chi connectivity index (χ2v) is 4.95. The van der Waals surface area contributed by atoms with Gasteiger partial charge in [-0.25, -0.2) is 5.43 Å². The molecule has 1 N–H and O–H groups in total. The summed E-state index contributed by atoms with van der Waals surface area (Å²) in [6.07, 6.45) is 14.1. The van der Waals surface area contributed by atoms with Gasteiger partial charge in [-0.3, -0.25) is 9.78 Å². The van der Waals surface area contributed by atoms with Crippen molar-refractivity contribution in [2.75, 3.05) is 0 Å². The van der Waals surface area contributed by atoms with Crippen molar-refractivity contribution in [3.63, 3.8) is 0 Å². The summed E-state index contributed by atoms with van der Waals surface area (Å²) in [6.45, 7) is 2.22. The van der Waals surface area contributed by atoms with E-state index >= 15 is 0 Å². The van der Waals surface area contributed by atoms with Gasteiger partial charge in [0, 0.05) is 18.8 Å². The van der Waals surface area contributed by atoms with Gasteiger partial charge >= 0.3 is 0 Å². The Kier molecular flexibility index (Phi) is 9.11. The van der Waals surface area contributed by atoms with Crippen LogP contribution in [0.4, 0.5) is 0 Å². The summed E-state index contributed by atoms with van der Waals surface area (Å²) in [6, 6.07) is 3.68. The Hall–Kier alpha value is -1.71. The second-order valence-electron chi connectivity index (χ2n) is 4.95. The molecule has 1 aromatic rings. The van der Waals surface area contributed by atoms with Gasteiger partial charge in [-0.2, -0.15) is 5.10 Å². The number of carbonyl (C=O) groups excluding carboxylic acids is 1. The van der Waals surface area contributed by atoms with Gasteiger partial charge in [0.2, 0.25) is 5.91 Å². The zero-order valence-electron chi connectivity index (χ0n) is 12.3. The predicted octanol–water partition coefficient (Wildman–Crippen LogP) is 3.67. The normalized spacial score (nSPS) is 10.8. The smallest absolute Gasteiger partial charge is 0.240 e. The molecule has 1 rings (SSSR count). The van der Waals surface area contributed by atoms with Crippen molar-refractivity contribution in [1.82, 2.24) is 10.4 Å². The lowest BCUT2D eigenvalue weighted by Gasteiger charge is -2.01. The molecule has 0 saturated carbocycles. The first-order chi connectivity index (χ1) is 9.83. The van der Waals surface area contributed by atoms with Crippen LogP contribution in [-0.4, -0.2) is 17.1 Å². The molecule has 0 atom stereocenters. The molecular formula is C16H25N3O. The minimum absolute atomic E-state index is 0.0103. The van der Waals surface area contributed by atoms with Crippen LogP contribution in [0.25, 0.3) is 0 Å². The fourth-order valence-corrected chi connectivity index (χ4v) is 1.93. The average Bonchev–Trinajstić information content (AvgIpc) is 2.47.